The first-order chi connectivity index (χ1) is 13.3. The summed E-state index contributed by atoms with van der Waals surface area (Å²) in [4.78, 5) is 7.65. The number of nitrogens with one attached hydrogen (secondary N) is 2. The molecular weight excluding hydrogens is 394 g/mol. The van der Waals surface area contributed by atoms with Crippen molar-refractivity contribution in [1.82, 2.24) is 9.97 Å². The molecule has 0 saturated heterocycles. The van der Waals surface area contributed by atoms with Crippen LogP contribution in [0, 0.1) is 13.8 Å². The van der Waals surface area contributed by atoms with Gasteiger partial charge in [0, 0.05) is 17.3 Å². The summed E-state index contributed by atoms with van der Waals surface area (Å²) >= 11 is 5.34. The lowest BCUT2D eigenvalue weighted by Crippen LogP contribution is -2.19. The summed E-state index contributed by atoms with van der Waals surface area (Å²) in [5.74, 6) is -0.108. The molecular formula is C19H18N5O2S2-. The van der Waals surface area contributed by atoms with E-state index in [0.29, 0.717) is 10.8 Å². The van der Waals surface area contributed by atoms with Gasteiger partial charge in [-0.2, -0.15) is 0 Å². The summed E-state index contributed by atoms with van der Waals surface area (Å²) in [5.41, 5.74) is 3.76. The van der Waals surface area contributed by atoms with Crippen LogP contribution in [0.3, 0.4) is 0 Å². The fourth-order valence-electron chi connectivity index (χ4n) is 2.36. The van der Waals surface area contributed by atoms with E-state index in [0.717, 1.165) is 16.8 Å². The second-order valence-electron chi connectivity index (χ2n) is 6.04. The number of nitrogens with zero attached hydrogens (tertiary/aromatic N) is 3. The number of hydrogen-bond donors (Lipinski definition) is 2. The summed E-state index contributed by atoms with van der Waals surface area (Å²) in [5, 5.41) is 6.59. The standard InChI is InChI=1S/C19H19N5O2S2/c1-13-4-5-14(2)17(12-13)23-19(27)22-15-6-8-16(9-7-15)28(25,26)24-18-20-10-3-11-21-18/h3-12H,1-2H3,(H3,20,21,22,23,24,27)/p-1. The predicted octanol–water partition coefficient (Wildman–Crippen LogP) is 4.30. The van der Waals surface area contributed by atoms with E-state index in [1.54, 1.807) is 18.2 Å². The summed E-state index contributed by atoms with van der Waals surface area (Å²) in [7, 11) is -3.89. The van der Waals surface area contributed by atoms with Crippen LogP contribution in [0.2, 0.25) is 0 Å². The van der Waals surface area contributed by atoms with Crippen molar-refractivity contribution in [2.24, 2.45) is 0 Å². The lowest BCUT2D eigenvalue weighted by molar-refractivity contribution is 0.603. The van der Waals surface area contributed by atoms with Crippen molar-refractivity contribution in [2.45, 2.75) is 18.7 Å². The minimum Gasteiger partial charge on any atom is -0.366 e. The highest BCUT2D eigenvalue weighted by Crippen LogP contribution is 2.25. The zero-order valence-electron chi connectivity index (χ0n) is 15.2. The molecule has 0 bridgehead atoms. The molecule has 1 heterocycles. The van der Waals surface area contributed by atoms with Crippen molar-refractivity contribution in [3.8, 4) is 0 Å². The van der Waals surface area contributed by atoms with E-state index < -0.39 is 10.0 Å². The van der Waals surface area contributed by atoms with E-state index in [9.17, 15) is 8.42 Å². The van der Waals surface area contributed by atoms with Crippen LogP contribution in [0.5, 0.6) is 0 Å². The van der Waals surface area contributed by atoms with Gasteiger partial charge in [-0.15, -0.1) is 0 Å². The summed E-state index contributed by atoms with van der Waals surface area (Å²) in [6.45, 7) is 4.00. The van der Waals surface area contributed by atoms with E-state index in [4.69, 9.17) is 12.2 Å². The lowest BCUT2D eigenvalue weighted by atomic mass is 10.1. The molecule has 2 aromatic carbocycles. The molecule has 0 unspecified atom stereocenters. The van der Waals surface area contributed by atoms with Crippen LogP contribution >= 0.6 is 12.2 Å². The molecule has 0 saturated carbocycles. The third kappa shape index (κ3) is 5.02. The number of sulfonamides is 1. The van der Waals surface area contributed by atoms with Crippen LogP contribution in [-0.4, -0.2) is 23.5 Å². The quantitative estimate of drug-likeness (QED) is 0.603. The molecule has 7 nitrogen and oxygen atoms in total. The molecule has 9 heteroatoms. The van der Waals surface area contributed by atoms with E-state index in [2.05, 4.69) is 25.3 Å². The maximum Gasteiger partial charge on any atom is 0.229 e. The predicted molar refractivity (Wildman–Crippen MR) is 114 cm³/mol. The number of rotatable bonds is 5. The third-order valence-electron chi connectivity index (χ3n) is 3.81. The summed E-state index contributed by atoms with van der Waals surface area (Å²) in [6, 6.07) is 13.8. The highest BCUT2D eigenvalue weighted by molar-refractivity contribution is 7.94. The van der Waals surface area contributed by atoms with Crippen LogP contribution in [0.1, 0.15) is 11.1 Å². The number of aryl methyl sites for hydroxylation is 2. The second kappa shape index (κ2) is 8.32. The fourth-order valence-corrected chi connectivity index (χ4v) is 3.49. The van der Waals surface area contributed by atoms with E-state index in [1.807, 2.05) is 32.0 Å². The Labute approximate surface area is 169 Å². The summed E-state index contributed by atoms with van der Waals surface area (Å²) < 4.78 is 28.3. The molecule has 3 aromatic rings. The Bertz CT molecular complexity index is 1090. The van der Waals surface area contributed by atoms with E-state index in [1.165, 1.54) is 24.5 Å². The minimum atomic E-state index is -3.89. The first-order valence-corrected chi connectivity index (χ1v) is 10.2. The van der Waals surface area contributed by atoms with Gasteiger partial charge in [-0.1, -0.05) is 18.2 Å². The van der Waals surface area contributed by atoms with Crippen molar-refractivity contribution >= 4 is 44.7 Å². The second-order valence-corrected chi connectivity index (χ2v) is 8.05. The minimum absolute atomic E-state index is 0.0407. The SMILES string of the molecule is Cc1ccc(C)c(NC(=S)Nc2ccc(S(=O)(=O)[N-]c3ncccn3)cc2)c1. The molecule has 3 rings (SSSR count). The Morgan fingerprint density at radius 1 is 1.00 bits per heavy atom. The molecule has 0 spiro atoms. The highest BCUT2D eigenvalue weighted by Gasteiger charge is 2.12. The zero-order chi connectivity index (χ0) is 20.1. The van der Waals surface area contributed by atoms with E-state index >= 15 is 0 Å². The van der Waals surface area contributed by atoms with Crippen LogP contribution in [-0.2, 0) is 10.0 Å². The van der Waals surface area contributed by atoms with Gasteiger partial charge in [0.05, 0.1) is 4.90 Å². The molecule has 0 aliphatic carbocycles. The molecule has 2 N–H and O–H groups in total. The first kappa shape index (κ1) is 19.7. The fraction of sp³-hybridized carbons (Fsp3) is 0.105. The molecule has 0 aliphatic rings. The molecule has 0 aliphatic heterocycles. The van der Waals surface area contributed by atoms with Crippen LogP contribution in [0.4, 0.5) is 17.3 Å². The molecule has 0 fully saturated rings. The smallest absolute Gasteiger partial charge is 0.229 e. The van der Waals surface area contributed by atoms with Gasteiger partial charge in [0.1, 0.15) is 0 Å². The van der Waals surface area contributed by atoms with Gasteiger partial charge in [0.2, 0.25) is 10.0 Å². The highest BCUT2D eigenvalue weighted by atomic mass is 32.2. The molecule has 28 heavy (non-hydrogen) atoms. The number of anilines is 2. The third-order valence-corrected chi connectivity index (χ3v) is 5.28. The number of hydrogen-bond acceptors (Lipinski definition) is 5. The molecule has 1 aromatic heterocycles. The maximum atomic E-state index is 12.3. The first-order valence-electron chi connectivity index (χ1n) is 8.34. The van der Waals surface area contributed by atoms with Crippen molar-refractivity contribution in [1.29, 1.82) is 0 Å². The Balaban J connectivity index is 1.67. The van der Waals surface area contributed by atoms with Crippen molar-refractivity contribution in [2.75, 3.05) is 10.6 Å². The van der Waals surface area contributed by atoms with Gasteiger partial charge in [-0.3, -0.25) is 4.72 Å². The summed E-state index contributed by atoms with van der Waals surface area (Å²) in [6.07, 6.45) is 2.86. The van der Waals surface area contributed by atoms with Crippen molar-refractivity contribution in [3.05, 3.63) is 76.8 Å². The molecule has 0 atom stereocenters. The van der Waals surface area contributed by atoms with Gasteiger partial charge < -0.3 is 20.6 Å². The van der Waals surface area contributed by atoms with Crippen LogP contribution < -0.4 is 10.6 Å². The number of benzene rings is 2. The Morgan fingerprint density at radius 2 is 1.68 bits per heavy atom. The Hall–Kier alpha value is -3.04. The average Bonchev–Trinajstić information content (AvgIpc) is 2.65. The molecule has 0 amide bonds. The number of aromatic nitrogens is 2. The number of thiocarbonyl (C=S) groups is 1. The van der Waals surface area contributed by atoms with Gasteiger partial charge in [-0.05, 0) is 79.9 Å². The Kier molecular flexibility index (Phi) is 5.86. The van der Waals surface area contributed by atoms with Gasteiger partial charge in [0.15, 0.2) is 5.11 Å². The molecule has 144 valence electrons. The monoisotopic (exact) mass is 412 g/mol. The van der Waals surface area contributed by atoms with Crippen LogP contribution in [0.15, 0.2) is 65.8 Å². The van der Waals surface area contributed by atoms with Crippen molar-refractivity contribution in [3.63, 3.8) is 0 Å². The van der Waals surface area contributed by atoms with Gasteiger partial charge >= 0.3 is 0 Å². The average molecular weight is 413 g/mol. The van der Waals surface area contributed by atoms with Crippen molar-refractivity contribution < 1.29 is 8.42 Å². The molecule has 0 radical (unpaired) electrons. The van der Waals surface area contributed by atoms with Crippen LogP contribution in [0.25, 0.3) is 4.72 Å². The maximum absolute atomic E-state index is 12.3. The topological polar surface area (TPSA) is 98.1 Å². The van der Waals surface area contributed by atoms with E-state index in [-0.39, 0.29) is 10.8 Å². The largest absolute Gasteiger partial charge is 0.366 e. The van der Waals surface area contributed by atoms with Gasteiger partial charge in [0.25, 0.3) is 0 Å². The normalized spacial score (nSPS) is 10.9. The lowest BCUT2D eigenvalue weighted by Gasteiger charge is -2.14. The Morgan fingerprint density at radius 3 is 2.36 bits per heavy atom. The zero-order valence-corrected chi connectivity index (χ0v) is 16.9. The van der Waals surface area contributed by atoms with Gasteiger partial charge in [-0.25, -0.2) is 8.42 Å².